The first-order valence-electron chi connectivity index (χ1n) is 7.21. The Balaban J connectivity index is 1.86. The van der Waals surface area contributed by atoms with Gasteiger partial charge in [-0.25, -0.2) is 0 Å². The Morgan fingerprint density at radius 1 is 1.40 bits per heavy atom. The summed E-state index contributed by atoms with van der Waals surface area (Å²) in [6.07, 6.45) is 2.59. The maximum Gasteiger partial charge on any atom is 0.122 e. The summed E-state index contributed by atoms with van der Waals surface area (Å²) < 4.78 is 0. The van der Waals surface area contributed by atoms with Gasteiger partial charge in [-0.2, -0.15) is 0 Å². The van der Waals surface area contributed by atoms with Crippen LogP contribution in [0.4, 0.5) is 5.69 Å². The second-order valence-corrected chi connectivity index (χ2v) is 6.28. The van der Waals surface area contributed by atoms with Crippen LogP contribution in [0.15, 0.2) is 18.2 Å². The fourth-order valence-corrected chi connectivity index (χ4v) is 3.72. The third-order valence-corrected chi connectivity index (χ3v) is 4.81. The van der Waals surface area contributed by atoms with Crippen LogP contribution in [0.25, 0.3) is 0 Å². The summed E-state index contributed by atoms with van der Waals surface area (Å²) in [5, 5.41) is 8.17. The highest BCUT2D eigenvalue weighted by atomic mass is 35.5. The van der Waals surface area contributed by atoms with Crippen molar-refractivity contribution in [1.82, 2.24) is 4.90 Å². The average Bonchev–Trinajstić information content (AvgIpc) is 2.84. The SMILES string of the molecule is CC1CN2CCCC2CN1c1ccc(C(=N)N)cc1Cl. The molecule has 20 heavy (non-hydrogen) atoms. The summed E-state index contributed by atoms with van der Waals surface area (Å²) >= 11 is 6.41. The molecule has 108 valence electrons. The first kappa shape index (κ1) is 13.7. The van der Waals surface area contributed by atoms with E-state index in [-0.39, 0.29) is 5.84 Å². The maximum atomic E-state index is 7.48. The topological polar surface area (TPSA) is 56.4 Å². The Morgan fingerprint density at radius 2 is 2.20 bits per heavy atom. The number of amidine groups is 1. The summed E-state index contributed by atoms with van der Waals surface area (Å²) in [5.74, 6) is 0.0621. The average molecular weight is 293 g/mol. The predicted molar refractivity (Wildman–Crippen MR) is 83.9 cm³/mol. The molecule has 4 nitrogen and oxygen atoms in total. The highest BCUT2D eigenvalue weighted by molar-refractivity contribution is 6.33. The smallest absolute Gasteiger partial charge is 0.122 e. The number of anilines is 1. The van der Waals surface area contributed by atoms with E-state index in [1.165, 1.54) is 19.4 Å². The van der Waals surface area contributed by atoms with Crippen molar-refractivity contribution in [3.63, 3.8) is 0 Å². The lowest BCUT2D eigenvalue weighted by Crippen LogP contribution is -2.55. The van der Waals surface area contributed by atoms with Crippen molar-refractivity contribution in [2.75, 3.05) is 24.5 Å². The quantitative estimate of drug-likeness (QED) is 0.649. The van der Waals surface area contributed by atoms with Crippen molar-refractivity contribution in [2.24, 2.45) is 5.73 Å². The van der Waals surface area contributed by atoms with E-state index in [4.69, 9.17) is 22.7 Å². The Labute approximate surface area is 125 Å². The third-order valence-electron chi connectivity index (χ3n) is 4.51. The molecule has 2 saturated heterocycles. The highest BCUT2D eigenvalue weighted by Crippen LogP contribution is 2.33. The number of halogens is 1. The molecule has 1 aromatic rings. The minimum absolute atomic E-state index is 0.0621. The van der Waals surface area contributed by atoms with Gasteiger partial charge in [-0.1, -0.05) is 11.6 Å². The lowest BCUT2D eigenvalue weighted by molar-refractivity contribution is 0.203. The van der Waals surface area contributed by atoms with Gasteiger partial charge in [0.05, 0.1) is 10.7 Å². The minimum Gasteiger partial charge on any atom is -0.384 e. The summed E-state index contributed by atoms with van der Waals surface area (Å²) in [5.41, 5.74) is 7.26. The van der Waals surface area contributed by atoms with Crippen LogP contribution in [0.1, 0.15) is 25.3 Å². The second-order valence-electron chi connectivity index (χ2n) is 5.87. The summed E-state index contributed by atoms with van der Waals surface area (Å²) in [6, 6.07) is 6.81. The Kier molecular flexibility index (Phi) is 3.61. The van der Waals surface area contributed by atoms with Crippen LogP contribution in [0.2, 0.25) is 5.02 Å². The van der Waals surface area contributed by atoms with Crippen molar-refractivity contribution in [1.29, 1.82) is 5.41 Å². The van der Waals surface area contributed by atoms with E-state index in [1.54, 1.807) is 6.07 Å². The largest absolute Gasteiger partial charge is 0.384 e. The van der Waals surface area contributed by atoms with Crippen molar-refractivity contribution in [3.8, 4) is 0 Å². The van der Waals surface area contributed by atoms with E-state index in [0.29, 0.717) is 22.7 Å². The molecule has 3 N–H and O–H groups in total. The fraction of sp³-hybridized carbons (Fsp3) is 0.533. The van der Waals surface area contributed by atoms with Gasteiger partial charge in [0.2, 0.25) is 0 Å². The molecule has 0 bridgehead atoms. The Morgan fingerprint density at radius 3 is 2.90 bits per heavy atom. The molecule has 1 aromatic carbocycles. The van der Waals surface area contributed by atoms with Crippen molar-refractivity contribution in [3.05, 3.63) is 28.8 Å². The van der Waals surface area contributed by atoms with Crippen LogP contribution in [0.3, 0.4) is 0 Å². The predicted octanol–water partition coefficient (Wildman–Crippen LogP) is 2.30. The zero-order valence-electron chi connectivity index (χ0n) is 11.8. The van der Waals surface area contributed by atoms with Crippen molar-refractivity contribution >= 4 is 23.1 Å². The van der Waals surface area contributed by atoms with E-state index >= 15 is 0 Å². The molecular formula is C15H21ClN4. The Hall–Kier alpha value is -1.26. The molecule has 0 spiro atoms. The molecule has 2 heterocycles. The highest BCUT2D eigenvalue weighted by Gasteiger charge is 2.34. The van der Waals surface area contributed by atoms with Gasteiger partial charge < -0.3 is 10.6 Å². The number of hydrogen-bond acceptors (Lipinski definition) is 3. The van der Waals surface area contributed by atoms with E-state index in [2.05, 4.69) is 16.7 Å². The van der Waals surface area contributed by atoms with Gasteiger partial charge in [0.1, 0.15) is 5.84 Å². The molecule has 3 rings (SSSR count). The summed E-state index contributed by atoms with van der Waals surface area (Å²) in [7, 11) is 0. The van der Waals surface area contributed by atoms with Crippen LogP contribution in [0, 0.1) is 5.41 Å². The molecule has 2 fully saturated rings. The van der Waals surface area contributed by atoms with E-state index in [9.17, 15) is 0 Å². The number of nitrogen functional groups attached to an aromatic ring is 1. The number of nitrogens with zero attached hydrogens (tertiary/aromatic N) is 2. The first-order chi connectivity index (χ1) is 9.56. The van der Waals surface area contributed by atoms with Gasteiger partial charge >= 0.3 is 0 Å². The van der Waals surface area contributed by atoms with Crippen LogP contribution in [-0.2, 0) is 0 Å². The van der Waals surface area contributed by atoms with Crippen LogP contribution in [-0.4, -0.2) is 42.5 Å². The van der Waals surface area contributed by atoms with E-state index < -0.39 is 0 Å². The molecule has 0 amide bonds. The number of nitrogens with one attached hydrogen (secondary N) is 1. The fourth-order valence-electron chi connectivity index (χ4n) is 3.43. The Bertz CT molecular complexity index is 531. The number of hydrogen-bond donors (Lipinski definition) is 2. The summed E-state index contributed by atoms with van der Waals surface area (Å²) in [6.45, 7) is 5.64. The molecule has 2 atom stereocenters. The van der Waals surface area contributed by atoms with E-state index in [0.717, 1.165) is 18.8 Å². The maximum absolute atomic E-state index is 7.48. The van der Waals surface area contributed by atoms with Gasteiger partial charge in [-0.15, -0.1) is 0 Å². The molecule has 2 unspecified atom stereocenters. The van der Waals surface area contributed by atoms with Gasteiger partial charge in [0.25, 0.3) is 0 Å². The molecular weight excluding hydrogens is 272 g/mol. The normalized spacial score (nSPS) is 26.6. The van der Waals surface area contributed by atoms with Gasteiger partial charge in [0.15, 0.2) is 0 Å². The van der Waals surface area contributed by atoms with E-state index in [1.807, 2.05) is 12.1 Å². The van der Waals surface area contributed by atoms with Gasteiger partial charge in [-0.3, -0.25) is 10.3 Å². The number of rotatable bonds is 2. The molecule has 5 heteroatoms. The zero-order chi connectivity index (χ0) is 14.3. The number of benzene rings is 1. The van der Waals surface area contributed by atoms with Crippen LogP contribution >= 0.6 is 11.6 Å². The zero-order valence-corrected chi connectivity index (χ0v) is 12.5. The van der Waals surface area contributed by atoms with Crippen molar-refractivity contribution in [2.45, 2.75) is 31.8 Å². The number of fused-ring (bicyclic) bond motifs is 1. The monoisotopic (exact) mass is 292 g/mol. The molecule has 2 aliphatic rings. The second kappa shape index (κ2) is 5.26. The third kappa shape index (κ3) is 2.38. The molecule has 2 aliphatic heterocycles. The number of nitrogens with two attached hydrogens (primary N) is 1. The van der Waals surface area contributed by atoms with Gasteiger partial charge in [-0.05, 0) is 44.5 Å². The lowest BCUT2D eigenvalue weighted by Gasteiger charge is -2.44. The molecule has 0 saturated carbocycles. The standard InChI is InChI=1S/C15H21ClN4/c1-10-8-19-6-2-3-12(19)9-20(10)14-5-4-11(15(17)18)7-13(14)16/h4-5,7,10,12H,2-3,6,8-9H2,1H3,(H3,17,18). The lowest BCUT2D eigenvalue weighted by atomic mass is 10.1. The van der Waals surface area contributed by atoms with Crippen LogP contribution in [0.5, 0.6) is 0 Å². The molecule has 0 radical (unpaired) electrons. The van der Waals surface area contributed by atoms with Crippen molar-refractivity contribution < 1.29 is 0 Å². The minimum atomic E-state index is 0.0621. The number of piperazine rings is 1. The molecule has 0 aromatic heterocycles. The van der Waals surface area contributed by atoms with Gasteiger partial charge in [0, 0.05) is 30.7 Å². The van der Waals surface area contributed by atoms with Crippen LogP contribution < -0.4 is 10.6 Å². The first-order valence-corrected chi connectivity index (χ1v) is 7.58. The molecule has 0 aliphatic carbocycles. The summed E-state index contributed by atoms with van der Waals surface area (Å²) in [4.78, 5) is 5.00.